The van der Waals surface area contributed by atoms with E-state index in [1.165, 1.54) is 10.4 Å². The summed E-state index contributed by atoms with van der Waals surface area (Å²) in [5.41, 5.74) is 3.22. The highest BCUT2D eigenvalue weighted by atomic mass is 32.1. The lowest BCUT2D eigenvalue weighted by molar-refractivity contribution is -0.141. The Balaban J connectivity index is 1.53. The van der Waals surface area contributed by atoms with E-state index in [0.29, 0.717) is 13.1 Å². The number of fused-ring (bicyclic) bond motifs is 1. The predicted molar refractivity (Wildman–Crippen MR) is 136 cm³/mol. The van der Waals surface area contributed by atoms with Crippen LogP contribution in [0.3, 0.4) is 0 Å². The molecule has 0 radical (unpaired) electrons. The van der Waals surface area contributed by atoms with Crippen molar-refractivity contribution in [1.29, 1.82) is 0 Å². The Kier molecular flexibility index (Phi) is 7.68. The van der Waals surface area contributed by atoms with Gasteiger partial charge in [0.15, 0.2) is 0 Å². The van der Waals surface area contributed by atoms with Crippen molar-refractivity contribution in [3.05, 3.63) is 87.6 Å². The lowest BCUT2D eigenvalue weighted by Crippen LogP contribution is -2.47. The van der Waals surface area contributed by atoms with E-state index in [9.17, 15) is 9.59 Å². The van der Waals surface area contributed by atoms with E-state index in [0.717, 1.165) is 23.3 Å². The molecule has 4 rings (SSSR count). The number of ether oxygens (including phenoxy) is 1. The smallest absolute Gasteiger partial charge is 0.242 e. The van der Waals surface area contributed by atoms with Crippen molar-refractivity contribution in [3.63, 3.8) is 0 Å². The van der Waals surface area contributed by atoms with Crippen LogP contribution in [0, 0.1) is 5.92 Å². The van der Waals surface area contributed by atoms with Crippen LogP contribution in [0.4, 0.5) is 0 Å². The van der Waals surface area contributed by atoms with Crippen LogP contribution in [0.5, 0.6) is 5.75 Å². The van der Waals surface area contributed by atoms with Crippen LogP contribution in [0.15, 0.2) is 66.0 Å². The third kappa shape index (κ3) is 5.50. The van der Waals surface area contributed by atoms with Gasteiger partial charge in [-0.25, -0.2) is 0 Å². The van der Waals surface area contributed by atoms with Crippen molar-refractivity contribution >= 4 is 23.2 Å². The Hall–Kier alpha value is -3.12. The summed E-state index contributed by atoms with van der Waals surface area (Å²) >= 11 is 1.76. The highest BCUT2D eigenvalue weighted by Gasteiger charge is 2.34. The number of benzene rings is 2. The number of thiophene rings is 1. The van der Waals surface area contributed by atoms with Gasteiger partial charge in [0.1, 0.15) is 5.75 Å². The number of carbonyl (C=O) groups is 2. The Morgan fingerprint density at radius 1 is 1.09 bits per heavy atom. The summed E-state index contributed by atoms with van der Waals surface area (Å²) in [7, 11) is 1.62. The molecule has 1 aliphatic rings. The van der Waals surface area contributed by atoms with Gasteiger partial charge in [0.25, 0.3) is 0 Å². The number of amides is 2. The molecule has 1 atom stereocenters. The highest BCUT2D eigenvalue weighted by molar-refractivity contribution is 7.10. The van der Waals surface area contributed by atoms with E-state index in [2.05, 4.69) is 37.4 Å². The summed E-state index contributed by atoms with van der Waals surface area (Å²) in [5, 5.41) is 2.11. The maximum Gasteiger partial charge on any atom is 0.242 e. The van der Waals surface area contributed by atoms with E-state index in [1.807, 2.05) is 47.4 Å². The lowest BCUT2D eigenvalue weighted by atomic mass is 9.93. The number of carbonyl (C=O) groups excluding carboxylic acids is 2. The Morgan fingerprint density at radius 2 is 1.82 bits per heavy atom. The third-order valence-electron chi connectivity index (χ3n) is 6.18. The van der Waals surface area contributed by atoms with Gasteiger partial charge < -0.3 is 14.5 Å². The molecule has 5 nitrogen and oxygen atoms in total. The van der Waals surface area contributed by atoms with Gasteiger partial charge >= 0.3 is 0 Å². The van der Waals surface area contributed by atoms with Gasteiger partial charge in [0.2, 0.25) is 11.8 Å². The average molecular weight is 477 g/mol. The molecular formula is C28H32N2O3S. The molecule has 0 saturated heterocycles. The van der Waals surface area contributed by atoms with Crippen LogP contribution in [0.2, 0.25) is 0 Å². The van der Waals surface area contributed by atoms with Crippen LogP contribution in [0.25, 0.3) is 0 Å². The molecule has 2 heterocycles. The fraction of sp³-hybridized carbons (Fsp3) is 0.357. The lowest BCUT2D eigenvalue weighted by Gasteiger charge is -2.38. The zero-order chi connectivity index (χ0) is 24.1. The minimum atomic E-state index is -0.110. The van der Waals surface area contributed by atoms with Crippen LogP contribution in [-0.4, -0.2) is 48.4 Å². The van der Waals surface area contributed by atoms with Gasteiger partial charge in [-0.05, 0) is 52.6 Å². The molecule has 1 aromatic heterocycles. The molecule has 0 saturated carbocycles. The summed E-state index contributed by atoms with van der Waals surface area (Å²) in [4.78, 5) is 31.9. The monoisotopic (exact) mass is 476 g/mol. The van der Waals surface area contributed by atoms with Crippen LogP contribution < -0.4 is 4.74 Å². The van der Waals surface area contributed by atoms with Gasteiger partial charge in [-0.1, -0.05) is 56.3 Å². The van der Waals surface area contributed by atoms with Gasteiger partial charge in [-0.2, -0.15) is 0 Å². The molecule has 2 amide bonds. The molecule has 34 heavy (non-hydrogen) atoms. The molecule has 0 bridgehead atoms. The van der Waals surface area contributed by atoms with E-state index in [1.54, 1.807) is 23.3 Å². The molecule has 6 heteroatoms. The molecule has 178 valence electrons. The van der Waals surface area contributed by atoms with E-state index < -0.39 is 0 Å². The van der Waals surface area contributed by atoms with Crippen molar-refractivity contribution < 1.29 is 14.3 Å². The number of methoxy groups -OCH3 is 1. The van der Waals surface area contributed by atoms with Gasteiger partial charge in [-0.3, -0.25) is 9.59 Å². The Labute approximate surface area is 206 Å². The van der Waals surface area contributed by atoms with Crippen LogP contribution in [0.1, 0.15) is 41.5 Å². The molecule has 3 aromatic rings. The fourth-order valence-electron chi connectivity index (χ4n) is 4.56. The summed E-state index contributed by atoms with van der Waals surface area (Å²) in [6, 6.07) is 19.7. The van der Waals surface area contributed by atoms with E-state index in [-0.39, 0.29) is 36.7 Å². The van der Waals surface area contributed by atoms with Crippen molar-refractivity contribution in [1.82, 2.24) is 9.80 Å². The summed E-state index contributed by atoms with van der Waals surface area (Å²) < 4.78 is 5.21. The number of rotatable bonds is 8. The average Bonchev–Trinajstić information content (AvgIpc) is 3.32. The number of hydrogen-bond acceptors (Lipinski definition) is 4. The van der Waals surface area contributed by atoms with Crippen molar-refractivity contribution in [2.45, 2.75) is 32.7 Å². The van der Waals surface area contributed by atoms with Gasteiger partial charge in [0, 0.05) is 18.0 Å². The minimum Gasteiger partial charge on any atom is -0.497 e. The predicted octanol–water partition coefficient (Wildman–Crippen LogP) is 4.96. The second kappa shape index (κ2) is 10.9. The molecular weight excluding hydrogens is 444 g/mol. The molecule has 0 spiro atoms. The zero-order valence-electron chi connectivity index (χ0n) is 20.1. The molecule has 1 unspecified atom stereocenters. The minimum absolute atomic E-state index is 0.00515. The highest BCUT2D eigenvalue weighted by Crippen LogP contribution is 2.37. The first-order valence-electron chi connectivity index (χ1n) is 11.8. The van der Waals surface area contributed by atoms with Crippen molar-refractivity contribution in [2.75, 3.05) is 26.7 Å². The Bertz CT molecular complexity index is 1110. The normalized spacial score (nSPS) is 15.2. The second-order valence-electron chi connectivity index (χ2n) is 9.14. The maximum atomic E-state index is 13.7. The van der Waals surface area contributed by atoms with Crippen molar-refractivity contribution in [3.8, 4) is 5.75 Å². The van der Waals surface area contributed by atoms with E-state index in [4.69, 9.17) is 4.74 Å². The molecule has 0 fully saturated rings. The molecule has 1 aliphatic heterocycles. The van der Waals surface area contributed by atoms with Crippen LogP contribution in [-0.2, 0) is 22.4 Å². The van der Waals surface area contributed by atoms with E-state index >= 15 is 0 Å². The second-order valence-corrected chi connectivity index (χ2v) is 10.1. The Morgan fingerprint density at radius 3 is 2.50 bits per heavy atom. The number of nitrogens with zero attached hydrogens (tertiary/aromatic N) is 2. The maximum absolute atomic E-state index is 13.7. The SMILES string of the molecule is COc1ccc(CC(=O)N(CC(=O)N2CCc3sccc3C2c2ccccc2)CC(C)C)cc1. The van der Waals surface area contributed by atoms with Gasteiger partial charge in [-0.15, -0.1) is 11.3 Å². The van der Waals surface area contributed by atoms with Crippen molar-refractivity contribution in [2.24, 2.45) is 5.92 Å². The number of hydrogen-bond donors (Lipinski definition) is 0. The quantitative estimate of drug-likeness (QED) is 0.462. The zero-order valence-corrected chi connectivity index (χ0v) is 20.9. The van der Waals surface area contributed by atoms with Gasteiger partial charge in [0.05, 0.1) is 26.1 Å². The first-order chi connectivity index (χ1) is 16.5. The summed E-state index contributed by atoms with van der Waals surface area (Å²) in [5.74, 6) is 0.990. The first kappa shape index (κ1) is 24.0. The molecule has 2 aromatic carbocycles. The summed E-state index contributed by atoms with van der Waals surface area (Å²) in [6.07, 6.45) is 1.12. The van der Waals surface area contributed by atoms with Crippen LogP contribution >= 0.6 is 11.3 Å². The first-order valence-corrected chi connectivity index (χ1v) is 12.7. The topological polar surface area (TPSA) is 49.9 Å². The third-order valence-corrected chi connectivity index (χ3v) is 7.18. The molecule has 0 aliphatic carbocycles. The fourth-order valence-corrected chi connectivity index (χ4v) is 5.46. The standard InChI is InChI=1S/C28H32N2O3S/c1-20(2)18-29(26(31)17-21-9-11-23(33-3)12-10-21)19-27(32)30-15-13-25-24(14-16-34-25)28(30)22-7-5-4-6-8-22/h4-12,14,16,20,28H,13,15,17-19H2,1-3H3. The molecule has 0 N–H and O–H groups in total. The largest absolute Gasteiger partial charge is 0.497 e. The summed E-state index contributed by atoms with van der Waals surface area (Å²) in [6.45, 7) is 5.45.